The molecule has 0 aromatic carbocycles. The van der Waals surface area contributed by atoms with E-state index < -0.39 is 0 Å². The molecule has 1 heterocycles. The van der Waals surface area contributed by atoms with Crippen molar-refractivity contribution in [2.75, 3.05) is 6.61 Å². The summed E-state index contributed by atoms with van der Waals surface area (Å²) >= 11 is 0. The number of aliphatic imine (C=N–C) groups is 1. The second kappa shape index (κ2) is 2.67. The average Bonchev–Trinajstić information content (AvgIpc) is 1.99. The molecule has 0 amide bonds. The molecule has 0 aliphatic carbocycles. The van der Waals surface area contributed by atoms with Crippen LogP contribution in [0.1, 0.15) is 20.3 Å². The number of ether oxygens (including phenoxy) is 1. The van der Waals surface area contributed by atoms with Gasteiger partial charge in [0.05, 0.1) is 6.61 Å². The Morgan fingerprint density at radius 1 is 1.56 bits per heavy atom. The summed E-state index contributed by atoms with van der Waals surface area (Å²) in [6.45, 7) is 4.86. The Balaban J connectivity index is 2.72. The van der Waals surface area contributed by atoms with Crippen molar-refractivity contribution in [3.8, 4) is 0 Å². The highest BCUT2D eigenvalue weighted by molar-refractivity contribution is 5.49. The first-order chi connectivity index (χ1) is 4.30. The maximum absolute atomic E-state index is 5.00. The molecule has 1 aliphatic rings. The van der Waals surface area contributed by atoms with Crippen LogP contribution in [0, 0.1) is 0 Å². The van der Waals surface area contributed by atoms with E-state index in [1.54, 1.807) is 0 Å². The lowest BCUT2D eigenvalue weighted by molar-refractivity contribution is 0.327. The van der Waals surface area contributed by atoms with Crippen LogP contribution in [-0.2, 0) is 4.74 Å². The Morgan fingerprint density at radius 3 is 3.11 bits per heavy atom. The minimum absolute atomic E-state index is 0.771. The molecular weight excluding hydrogens is 114 g/mol. The van der Waals surface area contributed by atoms with Crippen LogP contribution in [0.15, 0.2) is 16.3 Å². The van der Waals surface area contributed by atoms with Gasteiger partial charge in [-0.3, -0.25) is 0 Å². The minimum atomic E-state index is 0.771. The number of allylic oxidation sites excluding steroid dienone is 1. The fourth-order valence-electron chi connectivity index (χ4n) is 0.672. The summed E-state index contributed by atoms with van der Waals surface area (Å²) in [4.78, 5) is 4.04. The van der Waals surface area contributed by atoms with Crippen molar-refractivity contribution in [1.29, 1.82) is 0 Å². The summed E-state index contributed by atoms with van der Waals surface area (Å²) in [5.41, 5.74) is 2.41. The van der Waals surface area contributed by atoms with E-state index >= 15 is 0 Å². The Labute approximate surface area is 55.2 Å². The third kappa shape index (κ3) is 1.56. The zero-order valence-electron chi connectivity index (χ0n) is 5.85. The zero-order chi connectivity index (χ0) is 6.69. The fourth-order valence-corrected chi connectivity index (χ4v) is 0.672. The van der Waals surface area contributed by atoms with Crippen LogP contribution in [-0.4, -0.2) is 13.0 Å². The van der Waals surface area contributed by atoms with Crippen LogP contribution >= 0.6 is 0 Å². The first-order valence-corrected chi connectivity index (χ1v) is 3.11. The van der Waals surface area contributed by atoms with Gasteiger partial charge in [0.15, 0.2) is 6.40 Å². The molecular formula is C7H11NO. The summed E-state index contributed by atoms with van der Waals surface area (Å²) in [7, 11) is 0. The van der Waals surface area contributed by atoms with Crippen molar-refractivity contribution in [2.45, 2.75) is 20.3 Å². The lowest BCUT2D eigenvalue weighted by Gasteiger charge is -1.95. The normalized spacial score (nSPS) is 19.3. The second-order valence-electron chi connectivity index (χ2n) is 2.22. The largest absolute Gasteiger partial charge is 0.483 e. The van der Waals surface area contributed by atoms with Crippen LogP contribution in [0.25, 0.3) is 0 Å². The topological polar surface area (TPSA) is 21.6 Å². The van der Waals surface area contributed by atoms with Crippen LogP contribution in [0.4, 0.5) is 0 Å². The van der Waals surface area contributed by atoms with Crippen molar-refractivity contribution in [2.24, 2.45) is 4.99 Å². The number of hydrogen-bond acceptors (Lipinski definition) is 2. The van der Waals surface area contributed by atoms with Crippen molar-refractivity contribution in [3.05, 3.63) is 11.3 Å². The smallest absolute Gasteiger partial charge is 0.174 e. The molecule has 0 fully saturated rings. The molecule has 9 heavy (non-hydrogen) atoms. The Kier molecular flexibility index (Phi) is 1.88. The minimum Gasteiger partial charge on any atom is -0.483 e. The van der Waals surface area contributed by atoms with Crippen molar-refractivity contribution >= 4 is 6.40 Å². The molecule has 1 aliphatic heterocycles. The van der Waals surface area contributed by atoms with E-state index in [1.165, 1.54) is 12.0 Å². The van der Waals surface area contributed by atoms with Gasteiger partial charge in [0.1, 0.15) is 0 Å². The first-order valence-electron chi connectivity index (χ1n) is 3.11. The number of nitrogens with zero attached hydrogens (tertiary/aromatic N) is 1. The standard InChI is InChI=1S/C7H11NO/c1-6-3-4-9-5-8-7(6)2/h5H,3-4H2,1-2H3. The average molecular weight is 125 g/mol. The molecule has 0 aromatic rings. The molecule has 0 N–H and O–H groups in total. The summed E-state index contributed by atoms with van der Waals surface area (Å²) in [6.07, 6.45) is 2.53. The molecule has 1 rings (SSSR count). The van der Waals surface area contributed by atoms with Crippen molar-refractivity contribution in [1.82, 2.24) is 0 Å². The van der Waals surface area contributed by atoms with Crippen molar-refractivity contribution < 1.29 is 4.74 Å². The summed E-state index contributed by atoms with van der Waals surface area (Å²) in [5.74, 6) is 0. The molecule has 0 atom stereocenters. The molecule has 2 nitrogen and oxygen atoms in total. The van der Waals surface area contributed by atoms with Crippen LogP contribution in [0.2, 0.25) is 0 Å². The van der Waals surface area contributed by atoms with E-state index in [0.717, 1.165) is 18.7 Å². The molecule has 0 saturated heterocycles. The Hall–Kier alpha value is -0.790. The van der Waals surface area contributed by atoms with Gasteiger partial charge < -0.3 is 4.74 Å². The van der Waals surface area contributed by atoms with Crippen LogP contribution in [0.3, 0.4) is 0 Å². The highest BCUT2D eigenvalue weighted by Crippen LogP contribution is 2.10. The van der Waals surface area contributed by atoms with Gasteiger partial charge in [-0.05, 0) is 19.4 Å². The van der Waals surface area contributed by atoms with Crippen molar-refractivity contribution in [3.63, 3.8) is 0 Å². The third-order valence-corrected chi connectivity index (χ3v) is 1.53. The van der Waals surface area contributed by atoms with Crippen LogP contribution < -0.4 is 0 Å². The molecule has 0 bridgehead atoms. The van der Waals surface area contributed by atoms with Gasteiger partial charge in [-0.25, -0.2) is 4.99 Å². The molecule has 0 radical (unpaired) electrons. The maximum Gasteiger partial charge on any atom is 0.174 e. The molecule has 2 heteroatoms. The van der Waals surface area contributed by atoms with Gasteiger partial charge in [0.2, 0.25) is 0 Å². The molecule has 0 spiro atoms. The van der Waals surface area contributed by atoms with E-state index in [1.807, 2.05) is 6.92 Å². The van der Waals surface area contributed by atoms with Gasteiger partial charge in [-0.2, -0.15) is 0 Å². The highest BCUT2D eigenvalue weighted by atomic mass is 16.5. The SMILES string of the molecule is CC1=C(C)N=COCC1. The lowest BCUT2D eigenvalue weighted by atomic mass is 10.2. The lowest BCUT2D eigenvalue weighted by Crippen LogP contribution is -1.88. The van der Waals surface area contributed by atoms with Gasteiger partial charge in [-0.15, -0.1) is 0 Å². The maximum atomic E-state index is 5.00. The number of hydrogen-bond donors (Lipinski definition) is 0. The quantitative estimate of drug-likeness (QED) is 0.483. The van der Waals surface area contributed by atoms with E-state index in [0.29, 0.717) is 0 Å². The van der Waals surface area contributed by atoms with E-state index in [4.69, 9.17) is 4.74 Å². The number of rotatable bonds is 0. The fraction of sp³-hybridized carbons (Fsp3) is 0.571. The zero-order valence-corrected chi connectivity index (χ0v) is 5.85. The third-order valence-electron chi connectivity index (χ3n) is 1.53. The van der Waals surface area contributed by atoms with Crippen LogP contribution in [0.5, 0.6) is 0 Å². The predicted molar refractivity (Wildman–Crippen MR) is 37.4 cm³/mol. The van der Waals surface area contributed by atoms with E-state index in [9.17, 15) is 0 Å². The first kappa shape index (κ1) is 6.33. The summed E-state index contributed by atoms with van der Waals surface area (Å²) in [5, 5.41) is 0. The van der Waals surface area contributed by atoms with E-state index in [2.05, 4.69) is 11.9 Å². The second-order valence-corrected chi connectivity index (χ2v) is 2.22. The van der Waals surface area contributed by atoms with Gasteiger partial charge in [0, 0.05) is 12.1 Å². The van der Waals surface area contributed by atoms with E-state index in [-0.39, 0.29) is 0 Å². The molecule has 50 valence electrons. The predicted octanol–water partition coefficient (Wildman–Crippen LogP) is 1.73. The monoisotopic (exact) mass is 125 g/mol. The van der Waals surface area contributed by atoms with Gasteiger partial charge in [-0.1, -0.05) is 0 Å². The molecule has 0 saturated carbocycles. The molecule has 0 aromatic heterocycles. The summed E-state index contributed by atoms with van der Waals surface area (Å²) < 4.78 is 5.00. The van der Waals surface area contributed by atoms with Gasteiger partial charge >= 0.3 is 0 Å². The highest BCUT2D eigenvalue weighted by Gasteiger charge is 1.98. The molecule has 0 unspecified atom stereocenters. The Bertz CT molecular complexity index is 158. The van der Waals surface area contributed by atoms with Gasteiger partial charge in [0.25, 0.3) is 0 Å². The summed E-state index contributed by atoms with van der Waals surface area (Å²) in [6, 6.07) is 0. The Morgan fingerprint density at radius 2 is 2.33 bits per heavy atom.